The number of rotatable bonds is 2. The fraction of sp³-hybridized carbons (Fsp3) is 0.152. The van der Waals surface area contributed by atoms with Gasteiger partial charge in [0.1, 0.15) is 11.0 Å². The van der Waals surface area contributed by atoms with Crippen molar-refractivity contribution in [3.8, 4) is 11.3 Å². The van der Waals surface area contributed by atoms with Crippen LogP contribution >= 0.6 is 11.6 Å². The van der Waals surface area contributed by atoms with Crippen LogP contribution in [-0.2, 0) is 15.7 Å². The number of halogens is 1. The number of carbonyl (C=O) groups excluding carboxylic acids is 2. The first-order valence-electron chi connectivity index (χ1n) is 13.3. The average Bonchev–Trinajstić information content (AvgIpc) is 3.55. The van der Waals surface area contributed by atoms with E-state index < -0.39 is 16.9 Å². The molecule has 3 aliphatic rings. The monoisotopic (exact) mass is 542 g/mol. The molecule has 3 heterocycles. The lowest BCUT2D eigenvalue weighted by atomic mass is 9.58. The van der Waals surface area contributed by atoms with Crippen LogP contribution in [0.1, 0.15) is 27.2 Å². The van der Waals surface area contributed by atoms with E-state index in [0.717, 1.165) is 39.1 Å². The van der Waals surface area contributed by atoms with Gasteiger partial charge in [0.25, 0.3) is 0 Å². The summed E-state index contributed by atoms with van der Waals surface area (Å²) in [6, 6.07) is 30.5. The standard InChI is InChI=1S/C33H23ClN4O2/c1-38-18-24(29(39)19-14-16-20(34)17-15-19)32(23-10-4-5-11-25(23)37-31(32)40)33(38)22-9-3-2-8-21(22)28-30(33)36-27-13-7-6-12-26(27)35-28/h2-17,24H,18H2,1H3,(H,37,40)/t24-,32+,33-/m0/s1. The maximum atomic E-state index is 14.7. The number of likely N-dealkylation sites (N-methyl/N-ethyl adjacent to an activating group) is 1. The first kappa shape index (κ1) is 23.5. The minimum atomic E-state index is -1.30. The Balaban J connectivity index is 1.51. The predicted molar refractivity (Wildman–Crippen MR) is 154 cm³/mol. The number of Topliss-reactive ketones (excluding diaryl/α,β-unsaturated/α-hetero) is 1. The maximum absolute atomic E-state index is 14.7. The molecule has 3 atom stereocenters. The van der Waals surface area contributed by atoms with Crippen molar-refractivity contribution in [2.24, 2.45) is 5.92 Å². The molecule has 0 unspecified atom stereocenters. The molecule has 1 aliphatic carbocycles. The lowest BCUT2D eigenvalue weighted by molar-refractivity contribution is -0.124. The third kappa shape index (κ3) is 2.67. The zero-order chi connectivity index (χ0) is 27.2. The zero-order valence-corrected chi connectivity index (χ0v) is 22.3. The Bertz CT molecular complexity index is 1910. The molecule has 0 saturated carbocycles. The molecule has 5 aromatic rings. The molecule has 7 heteroatoms. The molecule has 0 radical (unpaired) electrons. The number of nitrogens with one attached hydrogen (secondary N) is 1. The van der Waals surface area contributed by atoms with Crippen LogP contribution < -0.4 is 5.32 Å². The Morgan fingerprint density at radius 1 is 0.875 bits per heavy atom. The number of amides is 1. The number of hydrogen-bond donors (Lipinski definition) is 1. The van der Waals surface area contributed by atoms with E-state index in [1.165, 1.54) is 0 Å². The molecule has 1 fully saturated rings. The van der Waals surface area contributed by atoms with E-state index in [9.17, 15) is 9.59 Å². The van der Waals surface area contributed by atoms with Crippen molar-refractivity contribution in [3.63, 3.8) is 0 Å². The molecule has 194 valence electrons. The van der Waals surface area contributed by atoms with Crippen LogP contribution in [0.5, 0.6) is 0 Å². The van der Waals surface area contributed by atoms with Crippen LogP contribution in [0, 0.1) is 5.92 Å². The summed E-state index contributed by atoms with van der Waals surface area (Å²) in [6.07, 6.45) is 0. The second kappa shape index (κ2) is 8.07. The summed E-state index contributed by atoms with van der Waals surface area (Å²) in [4.78, 5) is 41.7. The molecule has 1 aromatic heterocycles. The summed E-state index contributed by atoms with van der Waals surface area (Å²) in [7, 11) is 1.99. The largest absolute Gasteiger partial charge is 0.325 e. The number of benzene rings is 4. The van der Waals surface area contributed by atoms with Crippen molar-refractivity contribution in [1.29, 1.82) is 0 Å². The first-order chi connectivity index (χ1) is 19.5. The van der Waals surface area contributed by atoms with Crippen LogP contribution in [0.3, 0.4) is 0 Å². The molecule has 0 bridgehead atoms. The number of hydrogen-bond acceptors (Lipinski definition) is 5. The van der Waals surface area contributed by atoms with E-state index in [2.05, 4.69) is 16.3 Å². The second-order valence-corrected chi connectivity index (χ2v) is 11.2. The summed E-state index contributed by atoms with van der Waals surface area (Å²) in [5.41, 5.74) is 4.51. The Hall–Kier alpha value is -4.39. The van der Waals surface area contributed by atoms with E-state index in [1.54, 1.807) is 24.3 Å². The van der Waals surface area contributed by atoms with Gasteiger partial charge in [0, 0.05) is 28.4 Å². The third-order valence-corrected chi connectivity index (χ3v) is 9.26. The van der Waals surface area contributed by atoms with Crippen LogP contribution in [0.25, 0.3) is 22.3 Å². The number of ketones is 1. The van der Waals surface area contributed by atoms with Gasteiger partial charge >= 0.3 is 0 Å². The Morgan fingerprint density at radius 2 is 1.52 bits per heavy atom. The number of likely N-dealkylation sites (tertiary alicyclic amines) is 1. The van der Waals surface area contributed by atoms with Gasteiger partial charge in [0.2, 0.25) is 5.91 Å². The van der Waals surface area contributed by atoms with E-state index in [1.807, 2.05) is 73.8 Å². The lowest BCUT2D eigenvalue weighted by Crippen LogP contribution is -2.58. The highest BCUT2D eigenvalue weighted by Crippen LogP contribution is 2.67. The minimum Gasteiger partial charge on any atom is -0.325 e. The van der Waals surface area contributed by atoms with Crippen LogP contribution in [0.2, 0.25) is 5.02 Å². The number of para-hydroxylation sites is 3. The number of aromatic nitrogens is 2. The number of nitrogens with zero attached hydrogens (tertiary/aromatic N) is 3. The van der Waals surface area contributed by atoms with Gasteiger partial charge in [0.15, 0.2) is 5.78 Å². The third-order valence-electron chi connectivity index (χ3n) is 9.01. The Labute approximate surface area is 235 Å². The summed E-state index contributed by atoms with van der Waals surface area (Å²) in [5, 5.41) is 3.71. The summed E-state index contributed by atoms with van der Waals surface area (Å²) in [6.45, 7) is 0.353. The van der Waals surface area contributed by atoms with Crippen molar-refractivity contribution in [2.45, 2.75) is 11.0 Å². The van der Waals surface area contributed by atoms with Gasteiger partial charge in [-0.2, -0.15) is 0 Å². The minimum absolute atomic E-state index is 0.105. The Morgan fingerprint density at radius 3 is 2.30 bits per heavy atom. The van der Waals surface area contributed by atoms with Crippen LogP contribution in [0.4, 0.5) is 5.69 Å². The van der Waals surface area contributed by atoms with Gasteiger partial charge in [0.05, 0.1) is 28.3 Å². The molecule has 1 amide bonds. The predicted octanol–water partition coefficient (Wildman–Crippen LogP) is 5.84. The van der Waals surface area contributed by atoms with Gasteiger partial charge < -0.3 is 5.32 Å². The molecule has 40 heavy (non-hydrogen) atoms. The zero-order valence-electron chi connectivity index (χ0n) is 21.6. The Kier molecular flexibility index (Phi) is 4.74. The topological polar surface area (TPSA) is 75.2 Å². The van der Waals surface area contributed by atoms with E-state index in [0.29, 0.717) is 22.8 Å². The molecule has 4 aromatic carbocycles. The molecule has 8 rings (SSSR count). The highest BCUT2D eigenvalue weighted by molar-refractivity contribution is 6.30. The van der Waals surface area contributed by atoms with Crippen LogP contribution in [-0.4, -0.2) is 40.2 Å². The van der Waals surface area contributed by atoms with Crippen molar-refractivity contribution < 1.29 is 9.59 Å². The average molecular weight is 543 g/mol. The van der Waals surface area contributed by atoms with Gasteiger partial charge in [-0.05, 0) is 60.6 Å². The van der Waals surface area contributed by atoms with Gasteiger partial charge in [-0.15, -0.1) is 0 Å². The molecule has 1 N–H and O–H groups in total. The molecular weight excluding hydrogens is 520 g/mol. The molecule has 1 saturated heterocycles. The normalized spacial score (nSPS) is 24.4. The summed E-state index contributed by atoms with van der Waals surface area (Å²) >= 11 is 6.17. The number of carbonyl (C=O) groups is 2. The molecule has 2 spiro atoms. The first-order valence-corrected chi connectivity index (χ1v) is 13.6. The summed E-state index contributed by atoms with van der Waals surface area (Å²) < 4.78 is 0. The van der Waals surface area contributed by atoms with Crippen molar-refractivity contribution in [2.75, 3.05) is 18.9 Å². The molecular formula is C33H23ClN4O2. The second-order valence-electron chi connectivity index (χ2n) is 10.8. The lowest BCUT2D eigenvalue weighted by Gasteiger charge is -2.45. The smallest absolute Gasteiger partial charge is 0.238 e. The highest BCUT2D eigenvalue weighted by atomic mass is 35.5. The quantitative estimate of drug-likeness (QED) is 0.284. The maximum Gasteiger partial charge on any atom is 0.238 e. The number of fused-ring (bicyclic) bond motifs is 9. The van der Waals surface area contributed by atoms with Crippen molar-refractivity contribution in [1.82, 2.24) is 14.9 Å². The van der Waals surface area contributed by atoms with E-state index in [4.69, 9.17) is 21.6 Å². The number of anilines is 1. The van der Waals surface area contributed by atoms with Gasteiger partial charge in [-0.25, -0.2) is 9.97 Å². The van der Waals surface area contributed by atoms with Gasteiger partial charge in [-0.3, -0.25) is 14.5 Å². The highest BCUT2D eigenvalue weighted by Gasteiger charge is 2.76. The summed E-state index contributed by atoms with van der Waals surface area (Å²) in [5.74, 6) is -1.01. The fourth-order valence-electron chi connectivity index (χ4n) is 7.54. The van der Waals surface area contributed by atoms with Crippen molar-refractivity contribution >= 4 is 40.0 Å². The van der Waals surface area contributed by atoms with Gasteiger partial charge in [-0.1, -0.05) is 66.2 Å². The fourth-order valence-corrected chi connectivity index (χ4v) is 7.66. The SMILES string of the molecule is CN1C[C@@H](C(=O)c2ccc(Cl)cc2)[C@]2(C(=O)Nc3ccccc32)[C@@]12c1ccccc1-c1nc3ccccc3nc12. The van der Waals surface area contributed by atoms with E-state index in [-0.39, 0.29) is 11.7 Å². The van der Waals surface area contributed by atoms with E-state index >= 15 is 0 Å². The molecule has 6 nitrogen and oxygen atoms in total. The van der Waals surface area contributed by atoms with Crippen LogP contribution in [0.15, 0.2) is 97.1 Å². The molecule has 2 aliphatic heterocycles. The van der Waals surface area contributed by atoms with Crippen molar-refractivity contribution in [3.05, 3.63) is 124 Å².